The van der Waals surface area contributed by atoms with E-state index in [-0.39, 0.29) is 24.2 Å². The molecule has 0 saturated heterocycles. The minimum absolute atomic E-state index is 0.0727. The number of ether oxygens (including phenoxy) is 1. The number of hydrogen-bond donors (Lipinski definition) is 0. The normalized spacial score (nSPS) is 20.4. The van der Waals surface area contributed by atoms with Crippen LogP contribution in [0.15, 0.2) is 49.6 Å². The molecule has 2 rings (SSSR count). The molecule has 3 nitrogen and oxygen atoms in total. The van der Waals surface area contributed by atoms with E-state index in [1.54, 1.807) is 0 Å². The lowest BCUT2D eigenvalue weighted by molar-refractivity contribution is -0.139. The first-order chi connectivity index (χ1) is 9.15. The first kappa shape index (κ1) is 13.3. The third-order valence-corrected chi connectivity index (χ3v) is 3.28. The van der Waals surface area contributed by atoms with E-state index in [9.17, 15) is 9.59 Å². The fourth-order valence-electron chi connectivity index (χ4n) is 2.16. The average molecular weight is 256 g/mol. The van der Waals surface area contributed by atoms with Crippen LogP contribution in [0.3, 0.4) is 0 Å². The number of carbonyl (C=O) groups is 2. The van der Waals surface area contributed by atoms with Gasteiger partial charge in [0.1, 0.15) is 6.61 Å². The molecule has 3 heteroatoms. The van der Waals surface area contributed by atoms with Crippen molar-refractivity contribution in [3.8, 4) is 0 Å². The second-order valence-corrected chi connectivity index (χ2v) is 4.61. The molecule has 1 fully saturated rings. The van der Waals surface area contributed by atoms with Gasteiger partial charge in [-0.3, -0.25) is 4.79 Å². The predicted octanol–water partition coefficient (Wildman–Crippen LogP) is 2.77. The van der Waals surface area contributed by atoms with Crippen molar-refractivity contribution >= 4 is 11.8 Å². The van der Waals surface area contributed by atoms with Gasteiger partial charge >= 0.3 is 5.97 Å². The van der Waals surface area contributed by atoms with Gasteiger partial charge in [-0.1, -0.05) is 37.4 Å². The number of hydrogen-bond acceptors (Lipinski definition) is 3. The summed E-state index contributed by atoms with van der Waals surface area (Å²) < 4.78 is 4.99. The summed E-state index contributed by atoms with van der Waals surface area (Å²) in [6, 6.07) is 7.80. The van der Waals surface area contributed by atoms with Crippen molar-refractivity contribution in [1.82, 2.24) is 0 Å². The molecule has 0 aromatic heterocycles. The maximum atomic E-state index is 11.5. The Kier molecular flexibility index (Phi) is 3.95. The molecular weight excluding hydrogens is 240 g/mol. The monoisotopic (exact) mass is 256 g/mol. The maximum absolute atomic E-state index is 11.5. The molecule has 2 atom stereocenters. The molecule has 1 aliphatic carbocycles. The van der Waals surface area contributed by atoms with Crippen molar-refractivity contribution < 1.29 is 14.3 Å². The Morgan fingerprint density at radius 3 is 2.79 bits per heavy atom. The largest absolute Gasteiger partial charge is 0.458 e. The predicted molar refractivity (Wildman–Crippen MR) is 72.5 cm³/mol. The van der Waals surface area contributed by atoms with Gasteiger partial charge in [0, 0.05) is 12.0 Å². The Morgan fingerprint density at radius 1 is 1.32 bits per heavy atom. The SMILES string of the molecule is C=CC(=O)OCc1cccc([C@H]2C[C@H]2C(=O)C=C)c1. The topological polar surface area (TPSA) is 43.4 Å². The zero-order valence-electron chi connectivity index (χ0n) is 10.7. The van der Waals surface area contributed by atoms with Gasteiger partial charge in [-0.2, -0.15) is 0 Å². The minimum atomic E-state index is -0.434. The standard InChI is InChI=1S/C16H16O3/c1-3-15(17)14-9-13(14)12-7-5-6-11(8-12)10-19-16(18)4-2/h3-8,13-14H,1-2,9-10H2/t13-,14-/m1/s1. The van der Waals surface area contributed by atoms with E-state index in [1.165, 1.54) is 6.08 Å². The number of carbonyl (C=O) groups excluding carboxylic acids is 2. The van der Waals surface area contributed by atoms with Crippen LogP contribution >= 0.6 is 0 Å². The molecule has 98 valence electrons. The van der Waals surface area contributed by atoms with Crippen LogP contribution < -0.4 is 0 Å². The van der Waals surface area contributed by atoms with Crippen LogP contribution in [0.25, 0.3) is 0 Å². The number of allylic oxidation sites excluding steroid dienone is 1. The average Bonchev–Trinajstić information content (AvgIpc) is 3.24. The van der Waals surface area contributed by atoms with Crippen molar-refractivity contribution in [2.75, 3.05) is 0 Å². The van der Waals surface area contributed by atoms with Gasteiger partial charge < -0.3 is 4.74 Å². The van der Waals surface area contributed by atoms with Crippen LogP contribution in [0.4, 0.5) is 0 Å². The highest BCUT2D eigenvalue weighted by molar-refractivity contribution is 5.94. The quantitative estimate of drug-likeness (QED) is 0.580. The van der Waals surface area contributed by atoms with Crippen LogP contribution in [-0.2, 0) is 20.9 Å². The van der Waals surface area contributed by atoms with Crippen LogP contribution in [0.1, 0.15) is 23.5 Å². The van der Waals surface area contributed by atoms with Gasteiger partial charge in [0.15, 0.2) is 5.78 Å². The molecule has 0 N–H and O–H groups in total. The Labute approximate surface area is 112 Å². The van der Waals surface area contributed by atoms with E-state index >= 15 is 0 Å². The van der Waals surface area contributed by atoms with E-state index in [0.717, 1.165) is 23.6 Å². The Balaban J connectivity index is 2.00. The summed E-state index contributed by atoms with van der Waals surface area (Å²) in [5.74, 6) is 0.0223. The molecule has 1 aromatic rings. The molecule has 1 saturated carbocycles. The van der Waals surface area contributed by atoms with Gasteiger partial charge in [0.25, 0.3) is 0 Å². The molecular formula is C16H16O3. The highest BCUT2D eigenvalue weighted by atomic mass is 16.5. The van der Waals surface area contributed by atoms with Crippen molar-refractivity contribution in [2.45, 2.75) is 18.9 Å². The summed E-state index contributed by atoms with van der Waals surface area (Å²) in [6.45, 7) is 7.08. The van der Waals surface area contributed by atoms with E-state index in [1.807, 2.05) is 24.3 Å². The van der Waals surface area contributed by atoms with Crippen molar-refractivity contribution in [3.05, 3.63) is 60.7 Å². The molecule has 1 aliphatic rings. The zero-order chi connectivity index (χ0) is 13.8. The highest BCUT2D eigenvalue weighted by Gasteiger charge is 2.42. The summed E-state index contributed by atoms with van der Waals surface area (Å²) in [7, 11) is 0. The molecule has 19 heavy (non-hydrogen) atoms. The minimum Gasteiger partial charge on any atom is -0.458 e. The number of esters is 1. The second-order valence-electron chi connectivity index (χ2n) is 4.61. The fraction of sp³-hybridized carbons (Fsp3) is 0.250. The van der Waals surface area contributed by atoms with Crippen LogP contribution in [0, 0.1) is 5.92 Å². The number of ketones is 1. The molecule has 1 aromatic carbocycles. The van der Waals surface area contributed by atoms with E-state index in [2.05, 4.69) is 13.2 Å². The first-order valence-corrected chi connectivity index (χ1v) is 6.20. The second kappa shape index (κ2) is 5.65. The van der Waals surface area contributed by atoms with Gasteiger partial charge in [-0.15, -0.1) is 0 Å². The molecule has 0 unspecified atom stereocenters. The van der Waals surface area contributed by atoms with Gasteiger partial charge in [-0.25, -0.2) is 4.79 Å². The van der Waals surface area contributed by atoms with Gasteiger partial charge in [0.2, 0.25) is 0 Å². The Hall–Kier alpha value is -2.16. The smallest absolute Gasteiger partial charge is 0.330 e. The summed E-state index contributed by atoms with van der Waals surface area (Å²) in [5.41, 5.74) is 2.04. The Bertz CT molecular complexity index is 531. The van der Waals surface area contributed by atoms with E-state index in [4.69, 9.17) is 4.74 Å². The fourth-order valence-corrected chi connectivity index (χ4v) is 2.16. The van der Waals surface area contributed by atoms with Gasteiger partial charge in [0.05, 0.1) is 0 Å². The molecule has 0 radical (unpaired) electrons. The molecule has 0 heterocycles. The molecule has 0 aliphatic heterocycles. The lowest BCUT2D eigenvalue weighted by atomic mass is 10.0. The molecule has 0 spiro atoms. The summed E-state index contributed by atoms with van der Waals surface area (Å²) in [5, 5.41) is 0. The maximum Gasteiger partial charge on any atom is 0.330 e. The summed E-state index contributed by atoms with van der Waals surface area (Å²) >= 11 is 0. The lowest BCUT2D eigenvalue weighted by Gasteiger charge is -2.05. The third-order valence-electron chi connectivity index (χ3n) is 3.28. The molecule has 0 amide bonds. The summed E-state index contributed by atoms with van der Waals surface area (Å²) in [4.78, 5) is 22.5. The highest BCUT2D eigenvalue weighted by Crippen LogP contribution is 2.48. The van der Waals surface area contributed by atoms with E-state index in [0.29, 0.717) is 0 Å². The number of rotatable bonds is 6. The van der Waals surface area contributed by atoms with Gasteiger partial charge in [-0.05, 0) is 29.5 Å². The van der Waals surface area contributed by atoms with Crippen molar-refractivity contribution in [1.29, 1.82) is 0 Å². The van der Waals surface area contributed by atoms with Crippen molar-refractivity contribution in [3.63, 3.8) is 0 Å². The van der Waals surface area contributed by atoms with Crippen molar-refractivity contribution in [2.24, 2.45) is 5.92 Å². The van der Waals surface area contributed by atoms with Crippen LogP contribution in [-0.4, -0.2) is 11.8 Å². The third kappa shape index (κ3) is 3.19. The van der Waals surface area contributed by atoms with E-state index < -0.39 is 5.97 Å². The zero-order valence-corrected chi connectivity index (χ0v) is 10.7. The summed E-state index contributed by atoms with van der Waals surface area (Å²) in [6.07, 6.45) is 3.41. The Morgan fingerprint density at radius 2 is 2.11 bits per heavy atom. The van der Waals surface area contributed by atoms with Crippen LogP contribution in [0.5, 0.6) is 0 Å². The number of benzene rings is 1. The first-order valence-electron chi connectivity index (χ1n) is 6.20. The molecule has 0 bridgehead atoms. The van der Waals surface area contributed by atoms with Crippen LogP contribution in [0.2, 0.25) is 0 Å². The lowest BCUT2D eigenvalue weighted by Crippen LogP contribution is -2.01.